The van der Waals surface area contributed by atoms with Crippen molar-refractivity contribution < 1.29 is 9.47 Å². The standard InChI is InChI=1S/C17H28ClNO2/c1-5-19-14(4)15-6-7-17(16(18)12-15)21-11-10-20-9-8-13(2)3/h6-7,12-14,19H,5,8-11H2,1-4H3. The number of hydrogen-bond donors (Lipinski definition) is 1. The Kier molecular flexibility index (Phi) is 8.74. The molecule has 1 atom stereocenters. The van der Waals surface area contributed by atoms with Crippen LogP contribution in [-0.2, 0) is 4.74 Å². The quantitative estimate of drug-likeness (QED) is 0.647. The van der Waals surface area contributed by atoms with Crippen LogP contribution >= 0.6 is 11.6 Å². The number of nitrogens with one attached hydrogen (secondary N) is 1. The van der Waals surface area contributed by atoms with E-state index in [1.165, 1.54) is 5.56 Å². The maximum Gasteiger partial charge on any atom is 0.138 e. The van der Waals surface area contributed by atoms with Crippen molar-refractivity contribution in [1.82, 2.24) is 5.32 Å². The van der Waals surface area contributed by atoms with Crippen molar-refractivity contribution in [1.29, 1.82) is 0 Å². The predicted octanol–water partition coefficient (Wildman–Crippen LogP) is 4.45. The first-order valence-electron chi connectivity index (χ1n) is 7.78. The highest BCUT2D eigenvalue weighted by Gasteiger charge is 2.08. The van der Waals surface area contributed by atoms with E-state index in [4.69, 9.17) is 21.1 Å². The van der Waals surface area contributed by atoms with E-state index in [0.29, 0.717) is 30.2 Å². The van der Waals surface area contributed by atoms with Crippen LogP contribution in [0.2, 0.25) is 5.02 Å². The first-order valence-corrected chi connectivity index (χ1v) is 8.15. The van der Waals surface area contributed by atoms with Crippen LogP contribution in [0.4, 0.5) is 0 Å². The monoisotopic (exact) mass is 313 g/mol. The van der Waals surface area contributed by atoms with Crippen LogP contribution in [0.5, 0.6) is 5.75 Å². The molecule has 0 aliphatic carbocycles. The zero-order chi connectivity index (χ0) is 15.7. The van der Waals surface area contributed by atoms with E-state index in [1.807, 2.05) is 18.2 Å². The lowest BCUT2D eigenvalue weighted by molar-refractivity contribution is 0.0926. The third-order valence-electron chi connectivity index (χ3n) is 3.29. The minimum atomic E-state index is 0.293. The summed E-state index contributed by atoms with van der Waals surface area (Å²) in [6.45, 7) is 11.4. The molecular weight excluding hydrogens is 286 g/mol. The van der Waals surface area contributed by atoms with Crippen LogP contribution in [-0.4, -0.2) is 26.4 Å². The second-order valence-electron chi connectivity index (χ2n) is 5.61. The first kappa shape index (κ1) is 18.3. The summed E-state index contributed by atoms with van der Waals surface area (Å²) < 4.78 is 11.2. The van der Waals surface area contributed by atoms with Crippen molar-refractivity contribution in [3.8, 4) is 5.75 Å². The van der Waals surface area contributed by atoms with E-state index < -0.39 is 0 Å². The van der Waals surface area contributed by atoms with Gasteiger partial charge in [0.2, 0.25) is 0 Å². The molecule has 1 N–H and O–H groups in total. The van der Waals surface area contributed by atoms with Gasteiger partial charge in [-0.1, -0.05) is 38.4 Å². The Morgan fingerprint density at radius 1 is 1.14 bits per heavy atom. The molecule has 0 bridgehead atoms. The molecule has 0 aromatic heterocycles. The van der Waals surface area contributed by atoms with Crippen LogP contribution < -0.4 is 10.1 Å². The minimum absolute atomic E-state index is 0.293. The summed E-state index contributed by atoms with van der Waals surface area (Å²) in [4.78, 5) is 0. The van der Waals surface area contributed by atoms with Crippen molar-refractivity contribution in [3.63, 3.8) is 0 Å². The molecule has 0 aliphatic rings. The van der Waals surface area contributed by atoms with Gasteiger partial charge in [-0.05, 0) is 43.5 Å². The third kappa shape index (κ3) is 7.16. The van der Waals surface area contributed by atoms with E-state index in [1.54, 1.807) is 0 Å². The Bertz CT molecular complexity index is 410. The molecule has 0 radical (unpaired) electrons. The summed E-state index contributed by atoms with van der Waals surface area (Å²) in [6, 6.07) is 6.23. The second-order valence-corrected chi connectivity index (χ2v) is 6.02. The molecule has 1 rings (SSSR count). The Morgan fingerprint density at radius 2 is 1.90 bits per heavy atom. The highest BCUT2D eigenvalue weighted by molar-refractivity contribution is 6.32. The summed E-state index contributed by atoms with van der Waals surface area (Å²) >= 11 is 6.26. The number of hydrogen-bond acceptors (Lipinski definition) is 3. The van der Waals surface area contributed by atoms with Crippen LogP contribution in [0.15, 0.2) is 18.2 Å². The summed E-state index contributed by atoms with van der Waals surface area (Å²) in [5.74, 6) is 1.39. The average molecular weight is 314 g/mol. The normalized spacial score (nSPS) is 12.7. The summed E-state index contributed by atoms with van der Waals surface area (Å²) in [7, 11) is 0. The number of halogens is 1. The molecule has 0 spiro atoms. The van der Waals surface area contributed by atoms with Gasteiger partial charge in [-0.25, -0.2) is 0 Å². The fourth-order valence-corrected chi connectivity index (χ4v) is 2.20. The maximum atomic E-state index is 6.26. The smallest absolute Gasteiger partial charge is 0.138 e. The van der Waals surface area contributed by atoms with Crippen molar-refractivity contribution in [2.24, 2.45) is 5.92 Å². The Balaban J connectivity index is 2.35. The molecular formula is C17H28ClNO2. The third-order valence-corrected chi connectivity index (χ3v) is 3.59. The van der Waals surface area contributed by atoms with Crippen molar-refractivity contribution >= 4 is 11.6 Å². The number of benzene rings is 1. The molecule has 1 aromatic carbocycles. The van der Waals surface area contributed by atoms with E-state index in [2.05, 4.69) is 33.0 Å². The van der Waals surface area contributed by atoms with E-state index in [0.717, 1.165) is 25.3 Å². The predicted molar refractivity (Wildman–Crippen MR) is 89.3 cm³/mol. The van der Waals surface area contributed by atoms with Gasteiger partial charge in [0.05, 0.1) is 11.6 Å². The molecule has 0 saturated heterocycles. The zero-order valence-electron chi connectivity index (χ0n) is 13.6. The Hall–Kier alpha value is -0.770. The Morgan fingerprint density at radius 3 is 2.52 bits per heavy atom. The lowest BCUT2D eigenvalue weighted by Gasteiger charge is -2.15. The molecule has 120 valence electrons. The second kappa shape index (κ2) is 10.0. The average Bonchev–Trinajstić information content (AvgIpc) is 2.44. The molecule has 1 aromatic rings. The summed E-state index contributed by atoms with van der Waals surface area (Å²) in [5.41, 5.74) is 1.17. The van der Waals surface area contributed by atoms with Gasteiger partial charge in [0.15, 0.2) is 0 Å². The van der Waals surface area contributed by atoms with Gasteiger partial charge in [-0.3, -0.25) is 0 Å². The van der Waals surface area contributed by atoms with Gasteiger partial charge in [-0.15, -0.1) is 0 Å². The molecule has 0 saturated carbocycles. The van der Waals surface area contributed by atoms with Crippen LogP contribution in [0, 0.1) is 5.92 Å². The van der Waals surface area contributed by atoms with Gasteiger partial charge in [0.1, 0.15) is 12.4 Å². The fourth-order valence-electron chi connectivity index (χ4n) is 1.96. The highest BCUT2D eigenvalue weighted by atomic mass is 35.5. The Labute approximate surface area is 134 Å². The number of rotatable bonds is 10. The van der Waals surface area contributed by atoms with Crippen molar-refractivity contribution in [2.75, 3.05) is 26.4 Å². The van der Waals surface area contributed by atoms with Gasteiger partial charge < -0.3 is 14.8 Å². The highest BCUT2D eigenvalue weighted by Crippen LogP contribution is 2.27. The van der Waals surface area contributed by atoms with Gasteiger partial charge >= 0.3 is 0 Å². The SMILES string of the molecule is CCNC(C)c1ccc(OCCOCCC(C)C)c(Cl)c1. The van der Waals surface area contributed by atoms with Crippen LogP contribution in [0.1, 0.15) is 45.7 Å². The molecule has 0 heterocycles. The van der Waals surface area contributed by atoms with Crippen molar-refractivity contribution in [2.45, 2.75) is 40.2 Å². The molecule has 0 amide bonds. The fraction of sp³-hybridized carbons (Fsp3) is 0.647. The van der Waals surface area contributed by atoms with Crippen LogP contribution in [0.25, 0.3) is 0 Å². The van der Waals surface area contributed by atoms with Gasteiger partial charge in [-0.2, -0.15) is 0 Å². The van der Waals surface area contributed by atoms with E-state index >= 15 is 0 Å². The molecule has 1 unspecified atom stereocenters. The lowest BCUT2D eigenvalue weighted by atomic mass is 10.1. The number of ether oxygens (including phenoxy) is 2. The van der Waals surface area contributed by atoms with Crippen LogP contribution in [0.3, 0.4) is 0 Å². The summed E-state index contributed by atoms with van der Waals surface area (Å²) in [6.07, 6.45) is 1.08. The molecule has 3 nitrogen and oxygen atoms in total. The van der Waals surface area contributed by atoms with E-state index in [-0.39, 0.29) is 0 Å². The van der Waals surface area contributed by atoms with E-state index in [9.17, 15) is 0 Å². The molecule has 4 heteroatoms. The van der Waals surface area contributed by atoms with Crippen molar-refractivity contribution in [3.05, 3.63) is 28.8 Å². The molecule has 21 heavy (non-hydrogen) atoms. The van der Waals surface area contributed by atoms with Gasteiger partial charge in [0, 0.05) is 12.6 Å². The topological polar surface area (TPSA) is 30.5 Å². The first-order chi connectivity index (χ1) is 10.0. The van der Waals surface area contributed by atoms with Gasteiger partial charge in [0.25, 0.3) is 0 Å². The zero-order valence-corrected chi connectivity index (χ0v) is 14.4. The summed E-state index contributed by atoms with van der Waals surface area (Å²) in [5, 5.41) is 4.02. The minimum Gasteiger partial charge on any atom is -0.490 e. The molecule has 0 aliphatic heterocycles. The lowest BCUT2D eigenvalue weighted by Crippen LogP contribution is -2.17. The largest absolute Gasteiger partial charge is 0.490 e. The maximum absolute atomic E-state index is 6.26. The molecule has 0 fully saturated rings.